The Kier molecular flexibility index (Phi) is 4.42. The summed E-state index contributed by atoms with van der Waals surface area (Å²) in [5.41, 5.74) is -0.254. The van der Waals surface area contributed by atoms with Gasteiger partial charge in [-0.25, -0.2) is 0 Å². The molecule has 0 fully saturated rings. The number of hydrogen-bond acceptors (Lipinski definition) is 4. The second-order valence-corrected chi connectivity index (χ2v) is 5.11. The van der Waals surface area contributed by atoms with E-state index in [4.69, 9.17) is 0 Å². The summed E-state index contributed by atoms with van der Waals surface area (Å²) in [5, 5.41) is 16.2. The fourth-order valence-electron chi connectivity index (χ4n) is 1.13. The van der Waals surface area contributed by atoms with Gasteiger partial charge in [0.1, 0.15) is 0 Å². The topological polar surface area (TPSA) is 84.3 Å². The maximum absolute atomic E-state index is 11.9. The Morgan fingerprint density at radius 2 is 2.06 bits per heavy atom. The van der Waals surface area contributed by atoms with Gasteiger partial charge in [0.05, 0.1) is 14.9 Å². The van der Waals surface area contributed by atoms with Gasteiger partial charge in [-0.15, -0.1) is 0 Å². The molecule has 1 rings (SSSR count). The number of nitro groups is 1. The SMILES string of the molecule is CNC(C)(C)C(=O)Nc1ccc([N+](=O)[O-])c(Br)c1. The van der Waals surface area contributed by atoms with Crippen LogP contribution in [0.1, 0.15) is 13.8 Å². The van der Waals surface area contributed by atoms with Crippen molar-refractivity contribution in [2.45, 2.75) is 19.4 Å². The maximum atomic E-state index is 11.9. The number of anilines is 1. The quantitative estimate of drug-likeness (QED) is 0.659. The third-order valence-electron chi connectivity index (χ3n) is 2.59. The first-order valence-electron chi connectivity index (χ1n) is 5.22. The summed E-state index contributed by atoms with van der Waals surface area (Å²) in [4.78, 5) is 22.0. The van der Waals surface area contributed by atoms with Gasteiger partial charge in [-0.3, -0.25) is 14.9 Å². The van der Waals surface area contributed by atoms with Crippen LogP contribution in [0.4, 0.5) is 11.4 Å². The third kappa shape index (κ3) is 3.27. The Labute approximate surface area is 113 Å². The molecule has 2 N–H and O–H groups in total. The van der Waals surface area contributed by atoms with Crippen molar-refractivity contribution in [3.05, 3.63) is 32.8 Å². The van der Waals surface area contributed by atoms with Crippen LogP contribution in [0.25, 0.3) is 0 Å². The maximum Gasteiger partial charge on any atom is 0.283 e. The molecule has 1 aromatic rings. The molecule has 0 saturated heterocycles. The Bertz CT molecular complexity index is 488. The van der Waals surface area contributed by atoms with E-state index >= 15 is 0 Å². The summed E-state index contributed by atoms with van der Waals surface area (Å²) in [5.74, 6) is -0.217. The highest BCUT2D eigenvalue weighted by Crippen LogP contribution is 2.27. The fourth-order valence-corrected chi connectivity index (χ4v) is 1.66. The summed E-state index contributed by atoms with van der Waals surface area (Å²) < 4.78 is 0.326. The molecule has 98 valence electrons. The second kappa shape index (κ2) is 5.45. The number of nitro benzene ring substituents is 1. The molecule has 0 heterocycles. The van der Waals surface area contributed by atoms with E-state index in [1.54, 1.807) is 20.9 Å². The van der Waals surface area contributed by atoms with E-state index in [1.807, 2.05) is 0 Å². The van der Waals surface area contributed by atoms with Crippen LogP contribution in [0, 0.1) is 10.1 Å². The van der Waals surface area contributed by atoms with Gasteiger partial charge in [-0.05, 0) is 49.0 Å². The number of nitrogens with zero attached hydrogens (tertiary/aromatic N) is 1. The van der Waals surface area contributed by atoms with Crippen molar-refractivity contribution >= 4 is 33.2 Å². The molecule has 7 heteroatoms. The number of amides is 1. The van der Waals surface area contributed by atoms with E-state index in [9.17, 15) is 14.9 Å². The minimum absolute atomic E-state index is 0.0409. The second-order valence-electron chi connectivity index (χ2n) is 4.25. The molecule has 0 saturated carbocycles. The number of likely N-dealkylation sites (N-methyl/N-ethyl adjacent to an activating group) is 1. The zero-order valence-corrected chi connectivity index (χ0v) is 11.9. The van der Waals surface area contributed by atoms with Crippen molar-refractivity contribution in [1.82, 2.24) is 5.32 Å². The predicted molar refractivity (Wildman–Crippen MR) is 72.6 cm³/mol. The van der Waals surface area contributed by atoms with Crippen molar-refractivity contribution in [3.8, 4) is 0 Å². The highest BCUT2D eigenvalue weighted by molar-refractivity contribution is 9.10. The van der Waals surface area contributed by atoms with Crippen LogP contribution in [0.15, 0.2) is 22.7 Å². The van der Waals surface area contributed by atoms with Gasteiger partial charge in [0.2, 0.25) is 5.91 Å². The molecular weight excluding hydrogens is 302 g/mol. The first-order chi connectivity index (χ1) is 8.27. The predicted octanol–water partition coefficient (Wildman–Crippen LogP) is 2.29. The minimum atomic E-state index is -0.714. The highest BCUT2D eigenvalue weighted by Gasteiger charge is 2.25. The summed E-state index contributed by atoms with van der Waals surface area (Å²) in [6.45, 7) is 3.48. The molecule has 0 aromatic heterocycles. The molecule has 0 radical (unpaired) electrons. The van der Waals surface area contributed by atoms with Gasteiger partial charge in [0, 0.05) is 11.8 Å². The average molecular weight is 316 g/mol. The Hall–Kier alpha value is -1.47. The van der Waals surface area contributed by atoms with Gasteiger partial charge in [-0.1, -0.05) is 0 Å². The monoisotopic (exact) mass is 315 g/mol. The van der Waals surface area contributed by atoms with Crippen molar-refractivity contribution in [2.75, 3.05) is 12.4 Å². The lowest BCUT2D eigenvalue weighted by molar-refractivity contribution is -0.385. The molecule has 1 amide bonds. The van der Waals surface area contributed by atoms with Crippen LogP contribution >= 0.6 is 15.9 Å². The van der Waals surface area contributed by atoms with Crippen molar-refractivity contribution in [1.29, 1.82) is 0 Å². The van der Waals surface area contributed by atoms with Gasteiger partial charge in [-0.2, -0.15) is 0 Å². The first kappa shape index (κ1) is 14.6. The summed E-state index contributed by atoms with van der Waals surface area (Å²) in [7, 11) is 1.69. The molecule has 0 aliphatic rings. The Morgan fingerprint density at radius 1 is 1.44 bits per heavy atom. The average Bonchev–Trinajstić information content (AvgIpc) is 2.28. The Balaban J connectivity index is 2.91. The number of carbonyl (C=O) groups excluding carboxylic acids is 1. The lowest BCUT2D eigenvalue weighted by atomic mass is 10.1. The number of nitrogens with one attached hydrogen (secondary N) is 2. The minimum Gasteiger partial charge on any atom is -0.324 e. The van der Waals surface area contributed by atoms with Gasteiger partial charge in [0.25, 0.3) is 5.69 Å². The number of benzene rings is 1. The van der Waals surface area contributed by atoms with E-state index < -0.39 is 10.5 Å². The van der Waals surface area contributed by atoms with Crippen molar-refractivity contribution in [3.63, 3.8) is 0 Å². The van der Waals surface area contributed by atoms with E-state index in [2.05, 4.69) is 26.6 Å². The number of carbonyl (C=O) groups is 1. The standard InChI is InChI=1S/C11H14BrN3O3/c1-11(2,13-3)10(16)14-7-4-5-9(15(17)18)8(12)6-7/h4-6,13H,1-3H3,(H,14,16). The number of rotatable bonds is 4. The third-order valence-corrected chi connectivity index (χ3v) is 3.23. The molecule has 0 bridgehead atoms. The lowest BCUT2D eigenvalue weighted by Gasteiger charge is -2.22. The van der Waals surface area contributed by atoms with Gasteiger partial charge < -0.3 is 10.6 Å². The summed E-state index contributed by atoms with van der Waals surface area (Å²) >= 11 is 3.10. The number of hydrogen-bond donors (Lipinski definition) is 2. The molecule has 0 aliphatic heterocycles. The molecule has 6 nitrogen and oxygen atoms in total. The normalized spacial score (nSPS) is 11.1. The van der Waals surface area contributed by atoms with E-state index in [0.717, 1.165) is 0 Å². The van der Waals surface area contributed by atoms with Crippen LogP contribution in [-0.4, -0.2) is 23.4 Å². The van der Waals surface area contributed by atoms with E-state index in [1.165, 1.54) is 18.2 Å². The zero-order valence-electron chi connectivity index (χ0n) is 10.3. The van der Waals surface area contributed by atoms with Crippen molar-refractivity contribution < 1.29 is 9.72 Å². The van der Waals surface area contributed by atoms with Crippen LogP contribution in [0.5, 0.6) is 0 Å². The molecule has 0 atom stereocenters. The van der Waals surface area contributed by atoms with Crippen LogP contribution < -0.4 is 10.6 Å². The molecule has 0 unspecified atom stereocenters. The summed E-state index contributed by atoms with van der Waals surface area (Å²) in [6.07, 6.45) is 0. The molecule has 0 spiro atoms. The highest BCUT2D eigenvalue weighted by atomic mass is 79.9. The fraction of sp³-hybridized carbons (Fsp3) is 0.364. The van der Waals surface area contributed by atoms with E-state index in [0.29, 0.717) is 10.2 Å². The van der Waals surface area contributed by atoms with Gasteiger partial charge in [0.15, 0.2) is 0 Å². The molecule has 1 aromatic carbocycles. The molecule has 0 aliphatic carbocycles. The number of halogens is 1. The molecular formula is C11H14BrN3O3. The van der Waals surface area contributed by atoms with Crippen LogP contribution in [-0.2, 0) is 4.79 Å². The Morgan fingerprint density at radius 3 is 2.50 bits per heavy atom. The zero-order chi connectivity index (χ0) is 13.9. The largest absolute Gasteiger partial charge is 0.324 e. The van der Waals surface area contributed by atoms with Crippen molar-refractivity contribution in [2.24, 2.45) is 0 Å². The van der Waals surface area contributed by atoms with Crippen LogP contribution in [0.3, 0.4) is 0 Å². The van der Waals surface area contributed by atoms with Gasteiger partial charge >= 0.3 is 0 Å². The summed E-state index contributed by atoms with van der Waals surface area (Å²) in [6, 6.07) is 4.33. The first-order valence-corrected chi connectivity index (χ1v) is 6.01. The van der Waals surface area contributed by atoms with E-state index in [-0.39, 0.29) is 11.6 Å². The smallest absolute Gasteiger partial charge is 0.283 e. The lowest BCUT2D eigenvalue weighted by Crippen LogP contribution is -2.47. The van der Waals surface area contributed by atoms with Crippen LogP contribution in [0.2, 0.25) is 0 Å². The molecule has 18 heavy (non-hydrogen) atoms.